The van der Waals surface area contributed by atoms with Crippen molar-refractivity contribution < 1.29 is 19.5 Å². The maximum Gasteiger partial charge on any atom is 0.326 e. The lowest BCUT2D eigenvalue weighted by molar-refractivity contribution is -0.142. The summed E-state index contributed by atoms with van der Waals surface area (Å²) < 4.78 is 0. The molecule has 1 aromatic rings. The molecule has 1 aliphatic rings. The topological polar surface area (TPSA) is 86.7 Å². The molecule has 3 atom stereocenters. The SMILES string of the molecule is CCCCC(NC(=O)C1CC(=O)N(C(C)c2ccccc2)C1)C(=O)O. The molecule has 136 valence electrons. The zero-order valence-electron chi connectivity index (χ0n) is 14.8. The number of amides is 2. The maximum atomic E-state index is 12.4. The Hall–Kier alpha value is -2.37. The number of rotatable bonds is 8. The first-order valence-corrected chi connectivity index (χ1v) is 8.81. The predicted octanol–water partition coefficient (Wildman–Crippen LogP) is 2.36. The Morgan fingerprint density at radius 3 is 2.60 bits per heavy atom. The van der Waals surface area contributed by atoms with Crippen molar-refractivity contribution in [2.24, 2.45) is 5.92 Å². The van der Waals surface area contributed by atoms with Crippen molar-refractivity contribution in [3.8, 4) is 0 Å². The van der Waals surface area contributed by atoms with E-state index in [2.05, 4.69) is 5.32 Å². The summed E-state index contributed by atoms with van der Waals surface area (Å²) in [5.41, 5.74) is 1.02. The maximum absolute atomic E-state index is 12.4. The van der Waals surface area contributed by atoms with E-state index in [1.807, 2.05) is 44.2 Å². The number of unbranched alkanes of at least 4 members (excludes halogenated alkanes) is 1. The number of likely N-dealkylation sites (tertiary alicyclic amines) is 1. The fraction of sp³-hybridized carbons (Fsp3) is 0.526. The lowest BCUT2D eigenvalue weighted by Gasteiger charge is -2.25. The fourth-order valence-electron chi connectivity index (χ4n) is 3.15. The lowest BCUT2D eigenvalue weighted by atomic mass is 10.1. The zero-order valence-corrected chi connectivity index (χ0v) is 14.8. The Bertz CT molecular complexity index is 617. The second-order valence-corrected chi connectivity index (χ2v) is 6.58. The van der Waals surface area contributed by atoms with Crippen molar-refractivity contribution in [3.05, 3.63) is 35.9 Å². The molecule has 6 nitrogen and oxygen atoms in total. The average Bonchev–Trinajstić information content (AvgIpc) is 3.00. The first-order valence-electron chi connectivity index (χ1n) is 8.81. The monoisotopic (exact) mass is 346 g/mol. The first-order chi connectivity index (χ1) is 11.9. The summed E-state index contributed by atoms with van der Waals surface area (Å²) in [6.45, 7) is 4.23. The van der Waals surface area contributed by atoms with Gasteiger partial charge in [0.25, 0.3) is 0 Å². The van der Waals surface area contributed by atoms with Crippen molar-refractivity contribution in [2.45, 2.75) is 51.6 Å². The van der Waals surface area contributed by atoms with Gasteiger partial charge in [-0.1, -0.05) is 50.1 Å². The molecule has 1 saturated heterocycles. The van der Waals surface area contributed by atoms with Crippen molar-refractivity contribution in [3.63, 3.8) is 0 Å². The van der Waals surface area contributed by atoms with Gasteiger partial charge in [0.2, 0.25) is 11.8 Å². The van der Waals surface area contributed by atoms with Gasteiger partial charge in [-0.25, -0.2) is 4.79 Å². The number of benzene rings is 1. The minimum atomic E-state index is -1.03. The van der Waals surface area contributed by atoms with Gasteiger partial charge in [0.15, 0.2) is 0 Å². The third-order valence-corrected chi connectivity index (χ3v) is 4.74. The highest BCUT2D eigenvalue weighted by Gasteiger charge is 2.38. The molecule has 0 radical (unpaired) electrons. The number of carboxylic acid groups (broad SMARTS) is 1. The van der Waals surface area contributed by atoms with Crippen LogP contribution in [0, 0.1) is 5.92 Å². The van der Waals surface area contributed by atoms with E-state index < -0.39 is 17.9 Å². The van der Waals surface area contributed by atoms with Crippen LogP contribution >= 0.6 is 0 Å². The van der Waals surface area contributed by atoms with E-state index in [9.17, 15) is 19.5 Å². The summed E-state index contributed by atoms with van der Waals surface area (Å²) in [4.78, 5) is 37.7. The molecular formula is C19H26N2O4. The average molecular weight is 346 g/mol. The van der Waals surface area contributed by atoms with Crippen LogP contribution < -0.4 is 5.32 Å². The van der Waals surface area contributed by atoms with Crippen LogP contribution in [0.3, 0.4) is 0 Å². The molecule has 2 N–H and O–H groups in total. The molecule has 1 aliphatic heterocycles. The van der Waals surface area contributed by atoms with Crippen molar-refractivity contribution >= 4 is 17.8 Å². The molecule has 1 fully saturated rings. The Labute approximate surface area is 148 Å². The van der Waals surface area contributed by atoms with Gasteiger partial charge in [-0.05, 0) is 18.9 Å². The highest BCUT2D eigenvalue weighted by molar-refractivity contribution is 5.91. The molecule has 3 unspecified atom stereocenters. The van der Waals surface area contributed by atoms with Crippen LogP contribution in [-0.2, 0) is 14.4 Å². The first kappa shape index (κ1) is 19.0. The van der Waals surface area contributed by atoms with Crippen molar-refractivity contribution in [1.82, 2.24) is 10.2 Å². The molecule has 1 aromatic carbocycles. The van der Waals surface area contributed by atoms with E-state index in [-0.39, 0.29) is 24.3 Å². The number of carbonyl (C=O) groups is 3. The smallest absolute Gasteiger partial charge is 0.326 e. The number of nitrogens with zero attached hydrogens (tertiary/aromatic N) is 1. The number of aliphatic carboxylic acids is 1. The van der Waals surface area contributed by atoms with Crippen molar-refractivity contribution in [2.75, 3.05) is 6.54 Å². The van der Waals surface area contributed by atoms with Gasteiger partial charge in [0, 0.05) is 13.0 Å². The molecule has 6 heteroatoms. The minimum absolute atomic E-state index is 0.0723. The van der Waals surface area contributed by atoms with E-state index in [4.69, 9.17) is 0 Å². The molecular weight excluding hydrogens is 320 g/mol. The van der Waals surface area contributed by atoms with Crippen LogP contribution in [0.25, 0.3) is 0 Å². The van der Waals surface area contributed by atoms with Gasteiger partial charge in [0.1, 0.15) is 6.04 Å². The molecule has 0 aliphatic carbocycles. The van der Waals surface area contributed by atoms with Gasteiger partial charge in [-0.15, -0.1) is 0 Å². The Balaban J connectivity index is 1.98. The van der Waals surface area contributed by atoms with Crippen LogP contribution in [0.1, 0.15) is 51.1 Å². The number of carbonyl (C=O) groups excluding carboxylic acids is 2. The molecule has 0 saturated carbocycles. The largest absolute Gasteiger partial charge is 0.480 e. The molecule has 0 aromatic heterocycles. The highest BCUT2D eigenvalue weighted by atomic mass is 16.4. The third-order valence-electron chi connectivity index (χ3n) is 4.74. The van der Waals surface area contributed by atoms with Gasteiger partial charge in [-0.2, -0.15) is 0 Å². The second-order valence-electron chi connectivity index (χ2n) is 6.58. The Kier molecular flexibility index (Phi) is 6.56. The molecule has 0 spiro atoms. The van der Waals surface area contributed by atoms with Crippen LogP contribution in [0.15, 0.2) is 30.3 Å². The van der Waals surface area contributed by atoms with E-state index in [1.165, 1.54) is 0 Å². The zero-order chi connectivity index (χ0) is 18.4. The van der Waals surface area contributed by atoms with Crippen LogP contribution in [0.2, 0.25) is 0 Å². The van der Waals surface area contributed by atoms with Crippen LogP contribution in [-0.4, -0.2) is 40.4 Å². The summed E-state index contributed by atoms with van der Waals surface area (Å²) in [5.74, 6) is -1.95. The van der Waals surface area contributed by atoms with Gasteiger partial charge in [-0.3, -0.25) is 9.59 Å². The third kappa shape index (κ3) is 4.81. The second kappa shape index (κ2) is 8.65. The number of nitrogens with one attached hydrogen (secondary N) is 1. The summed E-state index contributed by atoms with van der Waals surface area (Å²) in [6, 6.07) is 8.67. The Morgan fingerprint density at radius 1 is 1.32 bits per heavy atom. The molecule has 2 amide bonds. The fourth-order valence-corrected chi connectivity index (χ4v) is 3.15. The van der Waals surface area contributed by atoms with Gasteiger partial charge in [0.05, 0.1) is 12.0 Å². The summed E-state index contributed by atoms with van der Waals surface area (Å²) in [5, 5.41) is 11.8. The van der Waals surface area contributed by atoms with E-state index >= 15 is 0 Å². The lowest BCUT2D eigenvalue weighted by Crippen LogP contribution is -2.44. The summed E-state index contributed by atoms with van der Waals surface area (Å²) >= 11 is 0. The molecule has 0 bridgehead atoms. The normalized spacial score (nSPS) is 19.5. The summed E-state index contributed by atoms with van der Waals surface area (Å²) in [6.07, 6.45) is 2.13. The molecule has 2 rings (SSSR count). The van der Waals surface area contributed by atoms with E-state index in [0.717, 1.165) is 18.4 Å². The van der Waals surface area contributed by atoms with Gasteiger partial charge >= 0.3 is 5.97 Å². The molecule has 25 heavy (non-hydrogen) atoms. The quantitative estimate of drug-likeness (QED) is 0.756. The number of carboxylic acids is 1. The van der Waals surface area contributed by atoms with Crippen molar-refractivity contribution in [1.29, 1.82) is 0 Å². The standard InChI is InChI=1S/C19H26N2O4/c1-3-4-10-16(19(24)25)20-18(23)15-11-17(22)21(12-15)13(2)14-8-6-5-7-9-14/h5-9,13,15-16H,3-4,10-12H2,1-2H3,(H,20,23)(H,24,25). The Morgan fingerprint density at radius 2 is 2.00 bits per heavy atom. The summed E-state index contributed by atoms with van der Waals surface area (Å²) in [7, 11) is 0. The minimum Gasteiger partial charge on any atom is -0.480 e. The van der Waals surface area contributed by atoms with E-state index in [0.29, 0.717) is 13.0 Å². The highest BCUT2D eigenvalue weighted by Crippen LogP contribution is 2.28. The predicted molar refractivity (Wildman–Crippen MR) is 93.8 cm³/mol. The number of hydrogen-bond donors (Lipinski definition) is 2. The van der Waals surface area contributed by atoms with Gasteiger partial charge < -0.3 is 15.3 Å². The van der Waals surface area contributed by atoms with Crippen LogP contribution in [0.5, 0.6) is 0 Å². The molecule has 1 heterocycles. The number of hydrogen-bond acceptors (Lipinski definition) is 3. The van der Waals surface area contributed by atoms with Crippen LogP contribution in [0.4, 0.5) is 0 Å². The van der Waals surface area contributed by atoms with E-state index in [1.54, 1.807) is 4.90 Å².